The molecule has 1 fully saturated rings. The van der Waals surface area contributed by atoms with Gasteiger partial charge in [-0.15, -0.1) is 0 Å². The normalized spacial score (nSPS) is 33.8. The SMILES string of the molecule is COc1cc(Cl)c2c(c1)O[C@@H](O[C@@H]1O[C@H](CO)[C@@H](O)[C@H](O)[C@H]1O)C(=O)N2. The molecule has 11 heteroatoms. The van der Waals surface area contributed by atoms with Crippen molar-refractivity contribution >= 4 is 23.2 Å². The van der Waals surface area contributed by atoms with E-state index in [4.69, 9.17) is 30.5 Å². The molecular formula is C15H18ClNO9. The lowest BCUT2D eigenvalue weighted by Crippen LogP contribution is -2.60. The minimum atomic E-state index is -1.67. The molecule has 1 amide bonds. The van der Waals surface area contributed by atoms with Crippen LogP contribution in [-0.2, 0) is 14.3 Å². The number of benzene rings is 1. The van der Waals surface area contributed by atoms with Gasteiger partial charge in [0.05, 0.1) is 18.7 Å². The Hall–Kier alpha value is -1.66. The van der Waals surface area contributed by atoms with Crippen LogP contribution in [0.2, 0.25) is 5.02 Å². The maximum absolute atomic E-state index is 12.2. The molecule has 2 heterocycles. The molecule has 0 radical (unpaired) electrons. The Balaban J connectivity index is 1.78. The summed E-state index contributed by atoms with van der Waals surface area (Å²) in [4.78, 5) is 12.2. The molecule has 0 spiro atoms. The van der Waals surface area contributed by atoms with Crippen LogP contribution < -0.4 is 14.8 Å². The van der Waals surface area contributed by atoms with Crippen molar-refractivity contribution in [3.8, 4) is 11.5 Å². The van der Waals surface area contributed by atoms with E-state index in [1.54, 1.807) is 0 Å². The molecule has 0 aromatic heterocycles. The molecule has 0 saturated carbocycles. The minimum absolute atomic E-state index is 0.170. The number of ether oxygens (including phenoxy) is 4. The summed E-state index contributed by atoms with van der Waals surface area (Å²) in [6.45, 7) is -0.627. The van der Waals surface area contributed by atoms with Crippen molar-refractivity contribution in [1.29, 1.82) is 0 Å². The second-order valence-corrected chi connectivity index (χ2v) is 6.16. The van der Waals surface area contributed by atoms with E-state index in [0.717, 1.165) is 0 Å². The lowest BCUT2D eigenvalue weighted by Gasteiger charge is -2.40. The van der Waals surface area contributed by atoms with Gasteiger partial charge in [-0.05, 0) is 0 Å². The van der Waals surface area contributed by atoms with E-state index >= 15 is 0 Å². The highest BCUT2D eigenvalue weighted by atomic mass is 35.5. The average molecular weight is 392 g/mol. The van der Waals surface area contributed by atoms with Crippen LogP contribution in [0.4, 0.5) is 5.69 Å². The van der Waals surface area contributed by atoms with Gasteiger partial charge in [-0.3, -0.25) is 4.79 Å². The number of aliphatic hydroxyl groups excluding tert-OH is 4. The number of nitrogens with one attached hydrogen (secondary N) is 1. The Bertz CT molecular complexity index is 685. The molecule has 6 atom stereocenters. The van der Waals surface area contributed by atoms with Gasteiger partial charge in [0, 0.05) is 12.1 Å². The Morgan fingerprint density at radius 3 is 2.62 bits per heavy atom. The molecule has 3 rings (SSSR count). The van der Waals surface area contributed by atoms with E-state index in [1.165, 1.54) is 19.2 Å². The number of rotatable bonds is 4. The number of anilines is 1. The lowest BCUT2D eigenvalue weighted by molar-refractivity contribution is -0.322. The van der Waals surface area contributed by atoms with E-state index < -0.39 is 49.5 Å². The highest BCUT2D eigenvalue weighted by molar-refractivity contribution is 6.34. The summed E-state index contributed by atoms with van der Waals surface area (Å²) < 4.78 is 21.0. The van der Waals surface area contributed by atoms with Gasteiger partial charge in [0.2, 0.25) is 0 Å². The number of aliphatic hydroxyl groups is 4. The number of carbonyl (C=O) groups is 1. The molecule has 1 saturated heterocycles. The molecule has 2 aliphatic rings. The van der Waals surface area contributed by atoms with Crippen LogP contribution in [0.3, 0.4) is 0 Å². The summed E-state index contributed by atoms with van der Waals surface area (Å²) in [6, 6.07) is 2.97. The molecule has 26 heavy (non-hydrogen) atoms. The number of hydrogen-bond donors (Lipinski definition) is 5. The maximum atomic E-state index is 12.2. The van der Waals surface area contributed by atoms with Crippen molar-refractivity contribution in [3.63, 3.8) is 0 Å². The summed E-state index contributed by atoms with van der Waals surface area (Å²) in [6.07, 6.45) is -9.08. The Morgan fingerprint density at radius 2 is 1.96 bits per heavy atom. The zero-order chi connectivity index (χ0) is 19.0. The monoisotopic (exact) mass is 391 g/mol. The summed E-state index contributed by atoms with van der Waals surface area (Å²) in [5, 5.41) is 41.4. The molecule has 2 aliphatic heterocycles. The highest BCUT2D eigenvalue weighted by Crippen LogP contribution is 2.40. The number of amides is 1. The predicted octanol–water partition coefficient (Wildman–Crippen LogP) is -1.18. The molecule has 5 N–H and O–H groups in total. The third kappa shape index (κ3) is 3.45. The van der Waals surface area contributed by atoms with Crippen molar-refractivity contribution in [3.05, 3.63) is 17.2 Å². The third-order valence-corrected chi connectivity index (χ3v) is 4.36. The number of fused-ring (bicyclic) bond motifs is 1. The predicted molar refractivity (Wildman–Crippen MR) is 85.9 cm³/mol. The lowest BCUT2D eigenvalue weighted by atomic mass is 9.99. The third-order valence-electron chi connectivity index (χ3n) is 4.07. The Labute approximate surface area is 152 Å². The topological polar surface area (TPSA) is 147 Å². The molecule has 1 aromatic rings. The molecular weight excluding hydrogens is 374 g/mol. The molecule has 1 aromatic carbocycles. The summed E-state index contributed by atoms with van der Waals surface area (Å²) in [5.41, 5.74) is 0.228. The van der Waals surface area contributed by atoms with Gasteiger partial charge < -0.3 is 44.7 Å². The molecule has 0 aliphatic carbocycles. The van der Waals surface area contributed by atoms with Crippen LogP contribution in [0, 0.1) is 0 Å². The van der Waals surface area contributed by atoms with E-state index in [0.29, 0.717) is 5.75 Å². The molecule has 144 valence electrons. The maximum Gasteiger partial charge on any atom is 0.294 e. The fourth-order valence-electron chi connectivity index (χ4n) is 2.63. The van der Waals surface area contributed by atoms with Gasteiger partial charge >= 0.3 is 0 Å². The zero-order valence-electron chi connectivity index (χ0n) is 13.5. The van der Waals surface area contributed by atoms with E-state index in [9.17, 15) is 25.2 Å². The first-order valence-corrected chi connectivity index (χ1v) is 8.04. The number of carbonyl (C=O) groups excluding carboxylic acids is 1. The van der Waals surface area contributed by atoms with Crippen molar-refractivity contribution < 1.29 is 44.2 Å². The van der Waals surface area contributed by atoms with Crippen LogP contribution in [-0.4, -0.2) is 77.0 Å². The number of methoxy groups -OCH3 is 1. The summed E-state index contributed by atoms with van der Waals surface area (Å²) >= 11 is 6.06. The van der Waals surface area contributed by atoms with Crippen LogP contribution in [0.25, 0.3) is 0 Å². The van der Waals surface area contributed by atoms with Gasteiger partial charge in [-0.1, -0.05) is 11.6 Å². The smallest absolute Gasteiger partial charge is 0.294 e. The first-order chi connectivity index (χ1) is 12.3. The van der Waals surface area contributed by atoms with Gasteiger partial charge in [0.15, 0.2) is 12.0 Å². The van der Waals surface area contributed by atoms with E-state index in [1.807, 2.05) is 0 Å². The van der Waals surface area contributed by atoms with E-state index in [2.05, 4.69) is 5.32 Å². The van der Waals surface area contributed by atoms with Gasteiger partial charge in [-0.2, -0.15) is 0 Å². The number of halogens is 1. The fraction of sp³-hybridized carbons (Fsp3) is 0.533. The molecule has 0 bridgehead atoms. The van der Waals surface area contributed by atoms with Gasteiger partial charge in [-0.25, -0.2) is 0 Å². The Morgan fingerprint density at radius 1 is 1.23 bits per heavy atom. The van der Waals surface area contributed by atoms with Crippen molar-refractivity contribution in [2.45, 2.75) is 37.0 Å². The van der Waals surface area contributed by atoms with Gasteiger partial charge in [0.25, 0.3) is 12.2 Å². The van der Waals surface area contributed by atoms with Gasteiger partial charge in [0.1, 0.15) is 35.9 Å². The van der Waals surface area contributed by atoms with Crippen LogP contribution >= 0.6 is 11.6 Å². The second-order valence-electron chi connectivity index (χ2n) is 5.75. The van der Waals surface area contributed by atoms with E-state index in [-0.39, 0.29) is 16.5 Å². The standard InChI is InChI=1S/C15H18ClNO9/c1-23-5-2-6(16)9-7(3-5)24-15(13(22)17-9)26-14-12(21)11(20)10(19)8(4-18)25-14/h2-3,8,10-12,14-15,18-21H,4H2,1H3,(H,17,22)/t8-,10-,11+,12-,14+,15+/m1/s1. The Kier molecular flexibility index (Phi) is 5.53. The van der Waals surface area contributed by atoms with Crippen molar-refractivity contribution in [2.75, 3.05) is 19.0 Å². The minimum Gasteiger partial charge on any atom is -0.497 e. The van der Waals surface area contributed by atoms with Crippen molar-refractivity contribution in [1.82, 2.24) is 0 Å². The number of hydrogen-bond acceptors (Lipinski definition) is 9. The quantitative estimate of drug-likeness (QED) is 0.428. The highest BCUT2D eigenvalue weighted by Gasteiger charge is 2.46. The zero-order valence-corrected chi connectivity index (χ0v) is 14.3. The average Bonchev–Trinajstić information content (AvgIpc) is 2.63. The second kappa shape index (κ2) is 7.53. The molecule has 10 nitrogen and oxygen atoms in total. The summed E-state index contributed by atoms with van der Waals surface area (Å²) in [5.74, 6) is -0.165. The van der Waals surface area contributed by atoms with Crippen LogP contribution in [0.15, 0.2) is 12.1 Å². The molecule has 0 unspecified atom stereocenters. The van der Waals surface area contributed by atoms with Crippen molar-refractivity contribution in [2.24, 2.45) is 0 Å². The van der Waals surface area contributed by atoms with Crippen LogP contribution in [0.5, 0.6) is 11.5 Å². The first kappa shape index (κ1) is 19.1. The largest absolute Gasteiger partial charge is 0.497 e. The fourth-order valence-corrected chi connectivity index (χ4v) is 2.88. The summed E-state index contributed by atoms with van der Waals surface area (Å²) in [7, 11) is 1.43. The van der Waals surface area contributed by atoms with Crippen LogP contribution in [0.1, 0.15) is 0 Å². The first-order valence-electron chi connectivity index (χ1n) is 7.66.